The van der Waals surface area contributed by atoms with E-state index in [1.165, 1.54) is 53.9 Å². The second kappa shape index (κ2) is 9.86. The Morgan fingerprint density at radius 3 is 2.63 bits per heavy atom. The van der Waals surface area contributed by atoms with Gasteiger partial charge in [0.15, 0.2) is 5.16 Å². The summed E-state index contributed by atoms with van der Waals surface area (Å²) in [5, 5.41) is 7.15. The first-order valence-electron chi connectivity index (χ1n) is 10.5. The van der Waals surface area contributed by atoms with Crippen molar-refractivity contribution in [2.75, 3.05) is 19.4 Å². The van der Waals surface area contributed by atoms with Crippen LogP contribution >= 0.6 is 34.4 Å². The average molecular weight is 549 g/mol. The minimum absolute atomic E-state index is 0.0949. The SMILES string of the molecule is Cc1ccc(S(=O)(=O)N(C)C)cc1NC(=O)C(C)Sc1nc2scc(-c3cccs3)c2c(=O)n1C. The zero-order valence-corrected chi connectivity index (χ0v) is 23.0. The van der Waals surface area contributed by atoms with Crippen LogP contribution in [0.4, 0.5) is 5.69 Å². The predicted octanol–water partition coefficient (Wildman–Crippen LogP) is 4.40. The summed E-state index contributed by atoms with van der Waals surface area (Å²) in [5.74, 6) is -0.322. The van der Waals surface area contributed by atoms with Crippen LogP contribution in [-0.2, 0) is 21.9 Å². The van der Waals surface area contributed by atoms with E-state index in [0.29, 0.717) is 21.1 Å². The number of nitrogens with zero attached hydrogens (tertiary/aromatic N) is 3. The molecule has 1 N–H and O–H groups in total. The van der Waals surface area contributed by atoms with Crippen molar-refractivity contribution in [2.45, 2.75) is 29.1 Å². The highest BCUT2D eigenvalue weighted by atomic mass is 32.2. The van der Waals surface area contributed by atoms with E-state index in [1.54, 1.807) is 38.3 Å². The first kappa shape index (κ1) is 25.6. The molecule has 1 atom stereocenters. The van der Waals surface area contributed by atoms with Gasteiger partial charge in [0.25, 0.3) is 5.56 Å². The molecule has 1 aromatic carbocycles. The minimum atomic E-state index is -3.64. The van der Waals surface area contributed by atoms with Crippen LogP contribution in [0.5, 0.6) is 0 Å². The van der Waals surface area contributed by atoms with E-state index < -0.39 is 15.3 Å². The van der Waals surface area contributed by atoms with Crippen LogP contribution in [0.3, 0.4) is 0 Å². The molecule has 0 radical (unpaired) electrons. The van der Waals surface area contributed by atoms with Crippen LogP contribution in [0.25, 0.3) is 20.7 Å². The number of thiophene rings is 2. The second-order valence-corrected chi connectivity index (χ2v) is 13.3. The van der Waals surface area contributed by atoms with Crippen molar-refractivity contribution in [3.05, 3.63) is 57.0 Å². The molecule has 35 heavy (non-hydrogen) atoms. The monoisotopic (exact) mass is 548 g/mol. The van der Waals surface area contributed by atoms with Gasteiger partial charge in [-0.1, -0.05) is 23.9 Å². The molecule has 0 spiro atoms. The highest BCUT2D eigenvalue weighted by molar-refractivity contribution is 8.00. The predicted molar refractivity (Wildman–Crippen MR) is 144 cm³/mol. The number of amides is 1. The highest BCUT2D eigenvalue weighted by Gasteiger charge is 2.23. The van der Waals surface area contributed by atoms with Crippen molar-refractivity contribution in [1.82, 2.24) is 13.9 Å². The van der Waals surface area contributed by atoms with Crippen molar-refractivity contribution >= 4 is 66.3 Å². The first-order chi connectivity index (χ1) is 16.5. The average Bonchev–Trinajstić information content (AvgIpc) is 3.48. The van der Waals surface area contributed by atoms with Gasteiger partial charge in [-0.15, -0.1) is 22.7 Å². The molecule has 4 aromatic rings. The summed E-state index contributed by atoms with van der Waals surface area (Å²) in [6, 6.07) is 8.54. The number of aromatic nitrogens is 2. The Bertz CT molecular complexity index is 1570. The molecule has 0 aliphatic rings. The van der Waals surface area contributed by atoms with Gasteiger partial charge in [-0.25, -0.2) is 17.7 Å². The molecule has 12 heteroatoms. The van der Waals surface area contributed by atoms with Gasteiger partial charge in [0.05, 0.1) is 15.5 Å². The standard InChI is InChI=1S/C23H24N4O4S4/c1-13-8-9-15(35(30,31)26(3)4)11-17(13)24-20(28)14(2)34-23-25-21-19(22(29)27(23)5)16(12-33-21)18-7-6-10-32-18/h6-12,14H,1-5H3,(H,24,28). The number of thioether (sulfide) groups is 1. The van der Waals surface area contributed by atoms with Gasteiger partial charge in [0.1, 0.15) is 4.83 Å². The Labute approximate surface area is 215 Å². The number of carbonyl (C=O) groups excluding carboxylic acids is 1. The van der Waals surface area contributed by atoms with Crippen LogP contribution in [0, 0.1) is 6.92 Å². The molecule has 3 aromatic heterocycles. The molecule has 0 aliphatic heterocycles. The van der Waals surface area contributed by atoms with Crippen molar-refractivity contribution in [1.29, 1.82) is 0 Å². The van der Waals surface area contributed by atoms with E-state index in [1.807, 2.05) is 22.9 Å². The fourth-order valence-corrected chi connectivity index (χ4v) is 6.93. The van der Waals surface area contributed by atoms with Crippen LogP contribution in [-0.4, -0.2) is 47.5 Å². The Hall–Kier alpha value is -2.51. The smallest absolute Gasteiger partial charge is 0.263 e. The Morgan fingerprint density at radius 1 is 1.23 bits per heavy atom. The Balaban J connectivity index is 1.58. The van der Waals surface area contributed by atoms with Crippen molar-refractivity contribution in [3.8, 4) is 10.4 Å². The summed E-state index contributed by atoms with van der Waals surface area (Å²) < 4.78 is 27.6. The van der Waals surface area contributed by atoms with Crippen LogP contribution in [0.2, 0.25) is 0 Å². The maximum Gasteiger partial charge on any atom is 0.263 e. The largest absolute Gasteiger partial charge is 0.325 e. The quantitative estimate of drug-likeness (QED) is 0.271. The van der Waals surface area contributed by atoms with Crippen LogP contribution < -0.4 is 10.9 Å². The fraction of sp³-hybridized carbons (Fsp3) is 0.261. The molecule has 184 valence electrons. The van der Waals surface area contributed by atoms with Gasteiger partial charge in [-0.2, -0.15) is 0 Å². The third-order valence-electron chi connectivity index (χ3n) is 5.46. The molecule has 1 unspecified atom stereocenters. The van der Waals surface area contributed by atoms with Gasteiger partial charge in [-0.05, 0) is 43.0 Å². The van der Waals surface area contributed by atoms with Gasteiger partial charge in [-0.3, -0.25) is 14.2 Å². The number of hydrogen-bond acceptors (Lipinski definition) is 8. The lowest BCUT2D eigenvalue weighted by molar-refractivity contribution is -0.115. The molecule has 1 amide bonds. The molecule has 0 fully saturated rings. The van der Waals surface area contributed by atoms with Gasteiger partial charge < -0.3 is 5.32 Å². The number of fused-ring (bicyclic) bond motifs is 1. The maximum atomic E-state index is 13.2. The lowest BCUT2D eigenvalue weighted by atomic mass is 10.2. The summed E-state index contributed by atoms with van der Waals surface area (Å²) in [5.41, 5.74) is 1.87. The van der Waals surface area contributed by atoms with E-state index in [0.717, 1.165) is 20.3 Å². The molecule has 0 saturated carbocycles. The number of benzene rings is 1. The summed E-state index contributed by atoms with van der Waals surface area (Å²) in [6.07, 6.45) is 0. The number of rotatable bonds is 7. The zero-order valence-electron chi connectivity index (χ0n) is 19.7. The summed E-state index contributed by atoms with van der Waals surface area (Å²) in [6.45, 7) is 3.51. The molecule has 4 rings (SSSR count). The maximum absolute atomic E-state index is 13.2. The molecule has 0 saturated heterocycles. The summed E-state index contributed by atoms with van der Waals surface area (Å²) in [4.78, 5) is 32.5. The second-order valence-electron chi connectivity index (χ2n) is 8.08. The van der Waals surface area contributed by atoms with E-state index in [9.17, 15) is 18.0 Å². The normalized spacial score (nSPS) is 12.9. The molecular formula is C23H24N4O4S4. The fourth-order valence-electron chi connectivity index (χ4n) is 3.32. The summed E-state index contributed by atoms with van der Waals surface area (Å²) in [7, 11) is 0.926. The summed E-state index contributed by atoms with van der Waals surface area (Å²) >= 11 is 4.15. The van der Waals surface area contributed by atoms with E-state index in [-0.39, 0.29) is 16.4 Å². The van der Waals surface area contributed by atoms with Crippen molar-refractivity contribution in [2.24, 2.45) is 7.05 Å². The van der Waals surface area contributed by atoms with Gasteiger partial charge >= 0.3 is 0 Å². The van der Waals surface area contributed by atoms with Crippen LogP contribution in [0.1, 0.15) is 12.5 Å². The Kier molecular flexibility index (Phi) is 7.21. The lowest BCUT2D eigenvalue weighted by Crippen LogP contribution is -2.26. The number of aryl methyl sites for hydroxylation is 1. The third kappa shape index (κ3) is 4.94. The van der Waals surface area contributed by atoms with E-state index in [4.69, 9.17) is 0 Å². The number of hydrogen-bond donors (Lipinski definition) is 1. The van der Waals surface area contributed by atoms with Gasteiger partial charge in [0, 0.05) is 42.7 Å². The Morgan fingerprint density at radius 2 is 1.97 bits per heavy atom. The number of anilines is 1. The zero-order chi connectivity index (χ0) is 25.5. The molecule has 3 heterocycles. The van der Waals surface area contributed by atoms with Crippen LogP contribution in [0.15, 0.2) is 55.9 Å². The number of carbonyl (C=O) groups is 1. The molecule has 0 bridgehead atoms. The lowest BCUT2D eigenvalue weighted by Gasteiger charge is -2.17. The minimum Gasteiger partial charge on any atom is -0.325 e. The molecular weight excluding hydrogens is 525 g/mol. The van der Waals surface area contributed by atoms with Crippen molar-refractivity contribution in [3.63, 3.8) is 0 Å². The number of nitrogens with one attached hydrogen (secondary N) is 1. The van der Waals surface area contributed by atoms with Gasteiger partial charge in [0.2, 0.25) is 15.9 Å². The highest BCUT2D eigenvalue weighted by Crippen LogP contribution is 2.35. The number of sulfonamides is 1. The van der Waals surface area contributed by atoms with E-state index in [2.05, 4.69) is 10.3 Å². The third-order valence-corrected chi connectivity index (χ3v) is 10.2. The topological polar surface area (TPSA) is 101 Å². The molecule has 0 aliphatic carbocycles. The van der Waals surface area contributed by atoms with Crippen molar-refractivity contribution < 1.29 is 13.2 Å². The van der Waals surface area contributed by atoms with E-state index >= 15 is 0 Å². The molecule has 8 nitrogen and oxygen atoms in total. The first-order valence-corrected chi connectivity index (χ1v) is 14.6.